The van der Waals surface area contributed by atoms with Gasteiger partial charge in [-0.3, -0.25) is 9.59 Å². The van der Waals surface area contributed by atoms with Gasteiger partial charge in [0.1, 0.15) is 5.82 Å². The maximum absolute atomic E-state index is 13.0. The van der Waals surface area contributed by atoms with Crippen LogP contribution in [0.15, 0.2) is 30.5 Å². The lowest BCUT2D eigenvalue weighted by molar-refractivity contribution is -0.147. The van der Waals surface area contributed by atoms with Gasteiger partial charge in [-0.1, -0.05) is 0 Å². The van der Waals surface area contributed by atoms with Crippen LogP contribution < -0.4 is 5.32 Å². The Balaban J connectivity index is 2.05. The number of nitrogens with zero attached hydrogens (tertiary/aromatic N) is 2. The number of aryl methyl sites for hydroxylation is 1. The van der Waals surface area contributed by atoms with Crippen molar-refractivity contribution in [3.63, 3.8) is 0 Å². The zero-order valence-corrected chi connectivity index (χ0v) is 13.8. The SMILES string of the molecule is Cc1cn(-c2ccc(F)cc2)nc1C(=O)NCCC(C)(C)C(=O)O. The van der Waals surface area contributed by atoms with Gasteiger partial charge in [-0.05, 0) is 51.5 Å². The molecule has 0 fully saturated rings. The van der Waals surface area contributed by atoms with E-state index < -0.39 is 11.4 Å². The first-order valence-corrected chi connectivity index (χ1v) is 7.54. The Kier molecular flexibility index (Phi) is 5.02. The van der Waals surface area contributed by atoms with Gasteiger partial charge in [0, 0.05) is 18.3 Å². The highest BCUT2D eigenvalue weighted by atomic mass is 19.1. The third-order valence-electron chi connectivity index (χ3n) is 3.82. The summed E-state index contributed by atoms with van der Waals surface area (Å²) in [5.74, 6) is -1.62. The first-order valence-electron chi connectivity index (χ1n) is 7.54. The number of rotatable bonds is 6. The van der Waals surface area contributed by atoms with Gasteiger partial charge in [0.15, 0.2) is 5.69 Å². The molecule has 128 valence electrons. The molecule has 0 unspecified atom stereocenters. The van der Waals surface area contributed by atoms with E-state index in [-0.39, 0.29) is 24.0 Å². The van der Waals surface area contributed by atoms with E-state index in [1.54, 1.807) is 39.1 Å². The van der Waals surface area contributed by atoms with Crippen molar-refractivity contribution in [3.8, 4) is 5.69 Å². The van der Waals surface area contributed by atoms with E-state index in [9.17, 15) is 14.0 Å². The quantitative estimate of drug-likeness (QED) is 0.851. The summed E-state index contributed by atoms with van der Waals surface area (Å²) in [5, 5.41) is 16.0. The smallest absolute Gasteiger partial charge is 0.309 e. The van der Waals surface area contributed by atoms with Gasteiger partial charge >= 0.3 is 5.97 Å². The van der Waals surface area contributed by atoms with Crippen LogP contribution in [0.25, 0.3) is 5.69 Å². The fraction of sp³-hybridized carbons (Fsp3) is 0.353. The molecule has 0 aliphatic carbocycles. The molecule has 1 aromatic heterocycles. The molecule has 1 heterocycles. The van der Waals surface area contributed by atoms with Crippen molar-refractivity contribution in [1.82, 2.24) is 15.1 Å². The summed E-state index contributed by atoms with van der Waals surface area (Å²) < 4.78 is 14.5. The van der Waals surface area contributed by atoms with Gasteiger partial charge in [-0.15, -0.1) is 0 Å². The molecule has 0 saturated carbocycles. The Hall–Kier alpha value is -2.70. The number of hydrogen-bond acceptors (Lipinski definition) is 3. The monoisotopic (exact) mass is 333 g/mol. The average molecular weight is 333 g/mol. The second-order valence-electron chi connectivity index (χ2n) is 6.28. The summed E-state index contributed by atoms with van der Waals surface area (Å²) in [4.78, 5) is 23.3. The number of amides is 1. The highest BCUT2D eigenvalue weighted by Gasteiger charge is 2.27. The van der Waals surface area contributed by atoms with E-state index in [2.05, 4.69) is 10.4 Å². The number of carbonyl (C=O) groups is 2. The average Bonchev–Trinajstić information content (AvgIpc) is 2.89. The van der Waals surface area contributed by atoms with Crippen LogP contribution in [0.5, 0.6) is 0 Å². The van der Waals surface area contributed by atoms with Crippen molar-refractivity contribution >= 4 is 11.9 Å². The topological polar surface area (TPSA) is 84.2 Å². The molecule has 2 rings (SSSR count). The van der Waals surface area contributed by atoms with Crippen LogP contribution in [0, 0.1) is 18.2 Å². The Morgan fingerprint density at radius 3 is 2.50 bits per heavy atom. The second-order valence-corrected chi connectivity index (χ2v) is 6.28. The summed E-state index contributed by atoms with van der Waals surface area (Å²) in [5.41, 5.74) is 0.669. The number of halogens is 1. The standard InChI is InChI=1S/C17H20FN3O3/c1-11-10-21(13-6-4-12(18)5-7-13)20-14(11)15(22)19-9-8-17(2,3)16(23)24/h4-7,10H,8-9H2,1-3H3,(H,19,22)(H,23,24). The fourth-order valence-electron chi connectivity index (χ4n) is 2.09. The summed E-state index contributed by atoms with van der Waals surface area (Å²) >= 11 is 0. The van der Waals surface area contributed by atoms with Gasteiger partial charge in [0.25, 0.3) is 5.91 Å². The van der Waals surface area contributed by atoms with Crippen molar-refractivity contribution in [1.29, 1.82) is 0 Å². The largest absolute Gasteiger partial charge is 0.481 e. The van der Waals surface area contributed by atoms with Crippen LogP contribution in [0.3, 0.4) is 0 Å². The number of carbonyl (C=O) groups excluding carboxylic acids is 1. The van der Waals surface area contributed by atoms with Crippen LogP contribution in [0.4, 0.5) is 4.39 Å². The highest BCUT2D eigenvalue weighted by molar-refractivity contribution is 5.93. The predicted molar refractivity (Wildman–Crippen MR) is 86.6 cm³/mol. The van der Waals surface area contributed by atoms with Crippen LogP contribution >= 0.6 is 0 Å². The van der Waals surface area contributed by atoms with E-state index >= 15 is 0 Å². The molecule has 0 aliphatic rings. The zero-order valence-electron chi connectivity index (χ0n) is 13.8. The molecule has 6 nitrogen and oxygen atoms in total. The van der Waals surface area contributed by atoms with Crippen molar-refractivity contribution < 1.29 is 19.1 Å². The minimum absolute atomic E-state index is 0.237. The van der Waals surface area contributed by atoms with E-state index in [0.29, 0.717) is 17.7 Å². The van der Waals surface area contributed by atoms with E-state index in [4.69, 9.17) is 5.11 Å². The van der Waals surface area contributed by atoms with Crippen LogP contribution in [0.1, 0.15) is 36.3 Å². The third-order valence-corrected chi connectivity index (χ3v) is 3.82. The van der Waals surface area contributed by atoms with Crippen LogP contribution in [-0.2, 0) is 4.79 Å². The zero-order chi connectivity index (χ0) is 17.9. The number of aromatic nitrogens is 2. The molecule has 0 aliphatic heterocycles. The van der Waals surface area contributed by atoms with Gasteiger partial charge in [-0.2, -0.15) is 5.10 Å². The van der Waals surface area contributed by atoms with Crippen LogP contribution in [-0.4, -0.2) is 33.3 Å². The first kappa shape index (κ1) is 17.7. The summed E-state index contributed by atoms with van der Waals surface area (Å²) in [6, 6.07) is 5.78. The minimum atomic E-state index is -0.909. The molecule has 1 aromatic carbocycles. The third kappa shape index (κ3) is 3.98. The maximum atomic E-state index is 13.0. The minimum Gasteiger partial charge on any atom is -0.481 e. The highest BCUT2D eigenvalue weighted by Crippen LogP contribution is 2.19. The molecule has 0 bridgehead atoms. The summed E-state index contributed by atoms with van der Waals surface area (Å²) in [7, 11) is 0. The van der Waals surface area contributed by atoms with Crippen molar-refractivity contribution in [3.05, 3.63) is 47.5 Å². The first-order chi connectivity index (χ1) is 11.2. The van der Waals surface area contributed by atoms with Crippen molar-refractivity contribution in [2.24, 2.45) is 5.41 Å². The van der Waals surface area contributed by atoms with Crippen LogP contribution in [0.2, 0.25) is 0 Å². The molecule has 0 atom stereocenters. The second kappa shape index (κ2) is 6.82. The molecular formula is C17H20FN3O3. The number of carboxylic acids is 1. The molecule has 24 heavy (non-hydrogen) atoms. The maximum Gasteiger partial charge on any atom is 0.309 e. The fourth-order valence-corrected chi connectivity index (χ4v) is 2.09. The lowest BCUT2D eigenvalue weighted by Gasteiger charge is -2.18. The lowest BCUT2D eigenvalue weighted by atomic mass is 9.90. The van der Waals surface area contributed by atoms with Crippen molar-refractivity contribution in [2.75, 3.05) is 6.54 Å². The van der Waals surface area contributed by atoms with E-state index in [1.165, 1.54) is 16.8 Å². The molecule has 0 saturated heterocycles. The van der Waals surface area contributed by atoms with E-state index in [1.807, 2.05) is 0 Å². The predicted octanol–water partition coefficient (Wildman–Crippen LogP) is 2.55. The number of aliphatic carboxylic acids is 1. The normalized spacial score (nSPS) is 11.3. The molecule has 1 amide bonds. The van der Waals surface area contributed by atoms with Gasteiger partial charge < -0.3 is 10.4 Å². The summed E-state index contributed by atoms with van der Waals surface area (Å²) in [6.45, 7) is 5.20. The summed E-state index contributed by atoms with van der Waals surface area (Å²) in [6.07, 6.45) is 2.00. The Bertz CT molecular complexity index is 751. The number of benzene rings is 1. The molecule has 0 radical (unpaired) electrons. The molecule has 2 N–H and O–H groups in total. The number of hydrogen-bond donors (Lipinski definition) is 2. The Morgan fingerprint density at radius 2 is 1.92 bits per heavy atom. The molecule has 7 heteroatoms. The van der Waals surface area contributed by atoms with Gasteiger partial charge in [0.2, 0.25) is 0 Å². The van der Waals surface area contributed by atoms with E-state index in [0.717, 1.165) is 0 Å². The molecule has 2 aromatic rings. The lowest BCUT2D eigenvalue weighted by Crippen LogP contribution is -2.32. The number of nitrogens with one attached hydrogen (secondary N) is 1. The molecule has 0 spiro atoms. The van der Waals surface area contributed by atoms with Gasteiger partial charge in [0.05, 0.1) is 11.1 Å². The van der Waals surface area contributed by atoms with Gasteiger partial charge in [-0.25, -0.2) is 9.07 Å². The van der Waals surface area contributed by atoms with Crippen molar-refractivity contribution in [2.45, 2.75) is 27.2 Å². The Labute approximate surface area is 139 Å². The molecular weight excluding hydrogens is 313 g/mol. The number of carboxylic acid groups (broad SMARTS) is 1. The Morgan fingerprint density at radius 1 is 1.29 bits per heavy atom.